The number of allylic oxidation sites excluding steroid dienone is 1. The van der Waals surface area contributed by atoms with Crippen LogP contribution in [0.1, 0.15) is 13.3 Å². The molecule has 0 N–H and O–H groups in total. The van der Waals surface area contributed by atoms with Crippen molar-refractivity contribution < 1.29 is 0 Å². The van der Waals surface area contributed by atoms with Crippen molar-refractivity contribution in [1.29, 1.82) is 0 Å². The van der Waals surface area contributed by atoms with Crippen LogP contribution >= 0.6 is 0 Å². The summed E-state index contributed by atoms with van der Waals surface area (Å²) in [5.74, 6) is 0. The van der Waals surface area contributed by atoms with Crippen LogP contribution in [-0.4, -0.2) is 8.80 Å². The normalized spacial score (nSPS) is 10.9. The number of rotatable bonds is 4. The van der Waals surface area contributed by atoms with Crippen LogP contribution in [0.15, 0.2) is 54.4 Å². The van der Waals surface area contributed by atoms with Gasteiger partial charge < -0.3 is 0 Å². The molecule has 1 aromatic rings. The molecule has 0 saturated carbocycles. The van der Waals surface area contributed by atoms with Crippen molar-refractivity contribution in [3.63, 3.8) is 0 Å². The molecular formula is C12H15Si. The van der Waals surface area contributed by atoms with Gasteiger partial charge in [-0.25, -0.2) is 0 Å². The summed E-state index contributed by atoms with van der Waals surface area (Å²) in [6, 6.07) is 10.6. The first-order valence-electron chi connectivity index (χ1n) is 4.59. The molecule has 0 saturated heterocycles. The van der Waals surface area contributed by atoms with Crippen LogP contribution in [0, 0.1) is 0 Å². The molecule has 1 heteroatoms. The van der Waals surface area contributed by atoms with E-state index in [0.29, 0.717) is 0 Å². The molecule has 0 atom stereocenters. The van der Waals surface area contributed by atoms with E-state index in [1.165, 1.54) is 5.19 Å². The number of benzene rings is 1. The summed E-state index contributed by atoms with van der Waals surface area (Å²) in [5, 5.41) is 1.41. The predicted octanol–water partition coefficient (Wildman–Crippen LogP) is 2.62. The maximum atomic E-state index is 3.88. The van der Waals surface area contributed by atoms with Gasteiger partial charge in [0.2, 0.25) is 0 Å². The van der Waals surface area contributed by atoms with Crippen molar-refractivity contribution in [3.8, 4) is 0 Å². The van der Waals surface area contributed by atoms with Gasteiger partial charge in [-0.15, -0.1) is 6.58 Å². The Morgan fingerprint density at radius 2 is 2.00 bits per heavy atom. The van der Waals surface area contributed by atoms with Gasteiger partial charge in [-0.2, -0.15) is 0 Å². The van der Waals surface area contributed by atoms with Gasteiger partial charge in [0.25, 0.3) is 0 Å². The minimum atomic E-state index is -0.641. The summed E-state index contributed by atoms with van der Waals surface area (Å²) in [6.45, 7) is 6.04. The molecule has 1 radical (unpaired) electrons. The predicted molar refractivity (Wildman–Crippen MR) is 61.5 cm³/mol. The topological polar surface area (TPSA) is 0 Å². The Bertz CT molecular complexity index is 274. The largest absolute Gasteiger partial charge is 0.138 e. The molecule has 0 bridgehead atoms. The molecule has 0 aliphatic heterocycles. The maximum absolute atomic E-state index is 3.88. The lowest BCUT2D eigenvalue weighted by Crippen LogP contribution is -2.25. The first-order chi connectivity index (χ1) is 6.38. The second kappa shape index (κ2) is 5.54. The minimum Gasteiger partial charge on any atom is -0.106 e. The van der Waals surface area contributed by atoms with E-state index >= 15 is 0 Å². The first-order valence-corrected chi connectivity index (χ1v) is 6.25. The Labute approximate surface area is 82.2 Å². The van der Waals surface area contributed by atoms with E-state index < -0.39 is 8.80 Å². The van der Waals surface area contributed by atoms with E-state index in [2.05, 4.69) is 61.3 Å². The Hall–Kier alpha value is -1.08. The third-order valence-electron chi connectivity index (χ3n) is 1.86. The summed E-state index contributed by atoms with van der Waals surface area (Å²) >= 11 is 0. The van der Waals surface area contributed by atoms with Crippen LogP contribution in [0.2, 0.25) is 0 Å². The third kappa shape index (κ3) is 3.03. The van der Waals surface area contributed by atoms with E-state index in [9.17, 15) is 0 Å². The molecule has 1 rings (SSSR count). The van der Waals surface area contributed by atoms with Gasteiger partial charge in [0.05, 0.1) is 0 Å². The molecule has 0 aliphatic carbocycles. The average molecular weight is 187 g/mol. The number of hydrogen-bond acceptors (Lipinski definition) is 0. The van der Waals surface area contributed by atoms with Crippen molar-refractivity contribution in [3.05, 3.63) is 54.4 Å². The Morgan fingerprint density at radius 1 is 1.31 bits per heavy atom. The molecule has 1 aromatic carbocycles. The average Bonchev–Trinajstić information content (AvgIpc) is 2.21. The van der Waals surface area contributed by atoms with Gasteiger partial charge in [0, 0.05) is 0 Å². The highest BCUT2D eigenvalue weighted by molar-refractivity contribution is 6.82. The quantitative estimate of drug-likeness (QED) is 0.636. The standard InChI is InChI=1S/C12H15Si/c1-3-5-11-13(4-2)12-9-7-6-8-10-12/h4-11H,2-3H2,1H3/b11-5+. The fraction of sp³-hybridized carbons (Fsp3) is 0.167. The second-order valence-electron chi connectivity index (χ2n) is 2.84. The van der Waals surface area contributed by atoms with E-state index in [-0.39, 0.29) is 0 Å². The molecular weight excluding hydrogens is 172 g/mol. The summed E-state index contributed by atoms with van der Waals surface area (Å²) < 4.78 is 0. The lowest BCUT2D eigenvalue weighted by molar-refractivity contribution is 1.23. The summed E-state index contributed by atoms with van der Waals surface area (Å²) in [4.78, 5) is 0. The molecule has 0 aliphatic rings. The van der Waals surface area contributed by atoms with Gasteiger partial charge >= 0.3 is 0 Å². The summed E-state index contributed by atoms with van der Waals surface area (Å²) in [6.07, 6.45) is 3.33. The summed E-state index contributed by atoms with van der Waals surface area (Å²) in [7, 11) is -0.641. The van der Waals surface area contributed by atoms with E-state index in [1.807, 2.05) is 0 Å². The van der Waals surface area contributed by atoms with Crippen LogP contribution in [-0.2, 0) is 0 Å². The maximum Gasteiger partial charge on any atom is 0.138 e. The highest BCUT2D eigenvalue weighted by Crippen LogP contribution is 1.93. The van der Waals surface area contributed by atoms with Crippen LogP contribution in [0.3, 0.4) is 0 Å². The van der Waals surface area contributed by atoms with E-state index in [4.69, 9.17) is 0 Å². The first kappa shape index (κ1) is 10.0. The van der Waals surface area contributed by atoms with Crippen LogP contribution in [0.5, 0.6) is 0 Å². The zero-order chi connectivity index (χ0) is 9.52. The van der Waals surface area contributed by atoms with Crippen molar-refractivity contribution in [2.24, 2.45) is 0 Å². The molecule has 0 nitrogen and oxygen atoms in total. The fourth-order valence-corrected chi connectivity index (χ4v) is 2.79. The van der Waals surface area contributed by atoms with Crippen LogP contribution < -0.4 is 5.19 Å². The Balaban J connectivity index is 2.78. The van der Waals surface area contributed by atoms with Crippen molar-refractivity contribution in [2.75, 3.05) is 0 Å². The second-order valence-corrected chi connectivity index (χ2v) is 5.07. The van der Waals surface area contributed by atoms with E-state index in [1.54, 1.807) is 0 Å². The highest BCUT2D eigenvalue weighted by Gasteiger charge is 2.03. The fourth-order valence-electron chi connectivity index (χ4n) is 1.16. The lowest BCUT2D eigenvalue weighted by Gasteiger charge is -2.03. The Kier molecular flexibility index (Phi) is 4.26. The number of hydrogen-bond donors (Lipinski definition) is 0. The van der Waals surface area contributed by atoms with Crippen molar-refractivity contribution in [1.82, 2.24) is 0 Å². The van der Waals surface area contributed by atoms with Gasteiger partial charge in [-0.1, -0.05) is 59.9 Å². The Morgan fingerprint density at radius 3 is 2.54 bits per heavy atom. The molecule has 13 heavy (non-hydrogen) atoms. The molecule has 67 valence electrons. The lowest BCUT2D eigenvalue weighted by atomic mass is 10.4. The van der Waals surface area contributed by atoms with Crippen LogP contribution in [0.25, 0.3) is 0 Å². The smallest absolute Gasteiger partial charge is 0.106 e. The molecule has 0 amide bonds. The van der Waals surface area contributed by atoms with Gasteiger partial charge in [-0.05, 0) is 6.42 Å². The van der Waals surface area contributed by atoms with Crippen molar-refractivity contribution >= 4 is 14.0 Å². The molecule has 0 unspecified atom stereocenters. The zero-order valence-electron chi connectivity index (χ0n) is 8.03. The SMILES string of the molecule is C=C[Si](/C=C/CC)c1ccccc1. The van der Waals surface area contributed by atoms with Gasteiger partial charge in [-0.3, -0.25) is 0 Å². The third-order valence-corrected chi connectivity index (χ3v) is 3.89. The van der Waals surface area contributed by atoms with Crippen LogP contribution in [0.4, 0.5) is 0 Å². The van der Waals surface area contributed by atoms with Gasteiger partial charge in [0.1, 0.15) is 8.80 Å². The monoisotopic (exact) mass is 187 g/mol. The van der Waals surface area contributed by atoms with Crippen molar-refractivity contribution in [2.45, 2.75) is 13.3 Å². The molecule has 0 aromatic heterocycles. The highest BCUT2D eigenvalue weighted by atomic mass is 28.3. The molecule has 0 heterocycles. The minimum absolute atomic E-state index is 0.641. The molecule has 0 spiro atoms. The summed E-state index contributed by atoms with van der Waals surface area (Å²) in [5.41, 5.74) is 4.37. The zero-order valence-corrected chi connectivity index (χ0v) is 9.03. The van der Waals surface area contributed by atoms with Gasteiger partial charge in [0.15, 0.2) is 0 Å². The molecule has 0 fully saturated rings. The van der Waals surface area contributed by atoms with E-state index in [0.717, 1.165) is 6.42 Å².